The van der Waals surface area contributed by atoms with Crippen LogP contribution in [0.3, 0.4) is 0 Å². The Morgan fingerprint density at radius 3 is 2.15 bits per heavy atom. The van der Waals surface area contributed by atoms with Crippen molar-refractivity contribution in [2.45, 2.75) is 37.3 Å². The van der Waals surface area contributed by atoms with E-state index in [4.69, 9.17) is 9.47 Å². The molecule has 2 aliphatic rings. The minimum atomic E-state index is -1.06. The van der Waals surface area contributed by atoms with Gasteiger partial charge in [0.05, 0.1) is 6.54 Å². The molecule has 0 heterocycles. The van der Waals surface area contributed by atoms with Crippen LogP contribution < -0.4 is 10.6 Å². The van der Waals surface area contributed by atoms with Gasteiger partial charge in [-0.05, 0) is 41.0 Å². The zero-order valence-corrected chi connectivity index (χ0v) is 18.5. The van der Waals surface area contributed by atoms with E-state index in [1.54, 1.807) is 0 Å². The van der Waals surface area contributed by atoms with Gasteiger partial charge < -0.3 is 25.2 Å². The summed E-state index contributed by atoms with van der Waals surface area (Å²) in [7, 11) is 1.34. The van der Waals surface area contributed by atoms with Crippen molar-refractivity contribution in [3.8, 4) is 11.1 Å². The van der Waals surface area contributed by atoms with Gasteiger partial charge in [-0.15, -0.1) is 0 Å². The Balaban J connectivity index is 1.31. The van der Waals surface area contributed by atoms with Crippen molar-refractivity contribution in [3.63, 3.8) is 0 Å². The first-order chi connectivity index (χ1) is 16.0. The van der Waals surface area contributed by atoms with Crippen molar-refractivity contribution in [2.75, 3.05) is 20.3 Å². The molecular formula is C25H28N2O6. The molecule has 0 spiro atoms. The lowest BCUT2D eigenvalue weighted by Crippen LogP contribution is -2.53. The molecule has 174 valence electrons. The summed E-state index contributed by atoms with van der Waals surface area (Å²) in [5.41, 5.74) is 4.49. The summed E-state index contributed by atoms with van der Waals surface area (Å²) in [5, 5.41) is 14.5. The van der Waals surface area contributed by atoms with Crippen LogP contribution in [0.15, 0.2) is 48.5 Å². The van der Waals surface area contributed by atoms with E-state index in [0.29, 0.717) is 0 Å². The first-order valence-electron chi connectivity index (χ1n) is 11.1. The zero-order chi connectivity index (χ0) is 23.4. The lowest BCUT2D eigenvalue weighted by Gasteiger charge is -2.32. The zero-order valence-electron chi connectivity index (χ0n) is 18.5. The van der Waals surface area contributed by atoms with Crippen LogP contribution in [0.2, 0.25) is 0 Å². The molecule has 3 N–H and O–H groups in total. The second kappa shape index (κ2) is 10.0. The smallest absolute Gasteiger partial charge is 0.407 e. The van der Waals surface area contributed by atoms with Gasteiger partial charge in [0, 0.05) is 13.0 Å². The number of carboxylic acid groups (broad SMARTS) is 1. The largest absolute Gasteiger partial charge is 0.480 e. The standard InChI is InChI=1S/C25H28N2O6/c1-32-21(23(28)27-22(24(29)30)15-7-6-8-15)13-26-25(31)33-14-20-18-11-4-2-9-16(18)17-10-3-5-12-19(17)20/h2-5,9-12,15,20-22H,6-8,13-14H2,1H3,(H,26,31)(H,27,28)(H,29,30). The summed E-state index contributed by atoms with van der Waals surface area (Å²) in [6, 6.07) is 15.2. The average molecular weight is 453 g/mol. The highest BCUT2D eigenvalue weighted by Crippen LogP contribution is 2.44. The first kappa shape index (κ1) is 22.8. The molecule has 1 saturated carbocycles. The number of rotatable bonds is 9. The van der Waals surface area contributed by atoms with Gasteiger partial charge >= 0.3 is 12.1 Å². The van der Waals surface area contributed by atoms with Crippen molar-refractivity contribution >= 4 is 18.0 Å². The molecule has 2 amide bonds. The molecule has 0 aliphatic heterocycles. The van der Waals surface area contributed by atoms with Crippen LogP contribution in [0.25, 0.3) is 11.1 Å². The van der Waals surface area contributed by atoms with E-state index in [-0.39, 0.29) is 25.0 Å². The second-order valence-corrected chi connectivity index (χ2v) is 8.45. The van der Waals surface area contributed by atoms with E-state index < -0.39 is 30.1 Å². The number of aliphatic carboxylic acids is 1. The number of methoxy groups -OCH3 is 1. The minimum absolute atomic E-state index is 0.0662. The molecule has 4 rings (SSSR count). The molecule has 0 radical (unpaired) electrons. The lowest BCUT2D eigenvalue weighted by atomic mass is 9.79. The number of carbonyl (C=O) groups is 3. The van der Waals surface area contributed by atoms with Crippen LogP contribution in [-0.4, -0.2) is 55.5 Å². The molecule has 0 aromatic heterocycles. The van der Waals surface area contributed by atoms with E-state index in [9.17, 15) is 19.5 Å². The van der Waals surface area contributed by atoms with E-state index in [1.165, 1.54) is 7.11 Å². The maximum absolute atomic E-state index is 12.5. The maximum atomic E-state index is 12.5. The van der Waals surface area contributed by atoms with Gasteiger partial charge in [-0.1, -0.05) is 55.0 Å². The quantitative estimate of drug-likeness (QED) is 0.539. The van der Waals surface area contributed by atoms with E-state index >= 15 is 0 Å². The summed E-state index contributed by atoms with van der Waals surface area (Å²) >= 11 is 0. The van der Waals surface area contributed by atoms with Crippen molar-refractivity contribution in [1.82, 2.24) is 10.6 Å². The van der Waals surface area contributed by atoms with Gasteiger partial charge in [0.15, 0.2) is 6.10 Å². The normalized spacial score (nSPS) is 16.6. The Kier molecular flexibility index (Phi) is 6.93. The number of nitrogens with one attached hydrogen (secondary N) is 2. The highest BCUT2D eigenvalue weighted by molar-refractivity contribution is 5.87. The maximum Gasteiger partial charge on any atom is 0.407 e. The van der Waals surface area contributed by atoms with E-state index in [0.717, 1.165) is 41.5 Å². The summed E-state index contributed by atoms with van der Waals surface area (Å²) in [6.45, 7) is 0.0302. The number of amides is 2. The highest BCUT2D eigenvalue weighted by Gasteiger charge is 2.35. The topological polar surface area (TPSA) is 114 Å². The number of hydrogen-bond donors (Lipinski definition) is 3. The Morgan fingerprint density at radius 2 is 1.64 bits per heavy atom. The summed E-state index contributed by atoms with van der Waals surface area (Å²) in [6.07, 6.45) is 0.814. The van der Waals surface area contributed by atoms with Gasteiger partial charge in [0.25, 0.3) is 5.91 Å². The van der Waals surface area contributed by atoms with Crippen molar-refractivity contribution in [3.05, 3.63) is 59.7 Å². The molecular weight excluding hydrogens is 424 g/mol. The molecule has 2 atom stereocenters. The van der Waals surface area contributed by atoms with Gasteiger partial charge in [-0.3, -0.25) is 4.79 Å². The summed E-state index contributed by atoms with van der Waals surface area (Å²) in [4.78, 5) is 36.3. The number of alkyl carbamates (subject to hydrolysis) is 1. The third-order valence-corrected chi connectivity index (χ3v) is 6.54. The van der Waals surface area contributed by atoms with Crippen LogP contribution in [0, 0.1) is 5.92 Å². The molecule has 2 aromatic carbocycles. The van der Waals surface area contributed by atoms with Crippen LogP contribution >= 0.6 is 0 Å². The summed E-state index contributed by atoms with van der Waals surface area (Å²) < 4.78 is 10.6. The molecule has 1 fully saturated rings. The molecule has 2 unspecified atom stereocenters. The van der Waals surface area contributed by atoms with E-state index in [2.05, 4.69) is 22.8 Å². The van der Waals surface area contributed by atoms with Crippen LogP contribution in [0.5, 0.6) is 0 Å². The van der Waals surface area contributed by atoms with Crippen molar-refractivity contribution in [2.24, 2.45) is 5.92 Å². The fourth-order valence-corrected chi connectivity index (χ4v) is 4.51. The molecule has 2 aliphatic carbocycles. The summed E-state index contributed by atoms with van der Waals surface area (Å²) in [5.74, 6) is -1.77. The first-order valence-corrected chi connectivity index (χ1v) is 11.1. The van der Waals surface area contributed by atoms with Gasteiger partial charge in [0.2, 0.25) is 0 Å². The third-order valence-electron chi connectivity index (χ3n) is 6.54. The number of carboxylic acids is 1. The van der Waals surface area contributed by atoms with E-state index in [1.807, 2.05) is 36.4 Å². The molecule has 8 heteroatoms. The van der Waals surface area contributed by atoms with Crippen molar-refractivity contribution < 1.29 is 29.0 Å². The fraction of sp³-hybridized carbons (Fsp3) is 0.400. The average Bonchev–Trinajstić information content (AvgIpc) is 3.10. The molecule has 2 aromatic rings. The molecule has 8 nitrogen and oxygen atoms in total. The number of hydrogen-bond acceptors (Lipinski definition) is 5. The number of ether oxygens (including phenoxy) is 2. The SMILES string of the molecule is COC(CNC(=O)OCC1c2ccccc2-c2ccccc21)C(=O)NC(C(=O)O)C1CCC1. The van der Waals surface area contributed by atoms with Crippen molar-refractivity contribution in [1.29, 1.82) is 0 Å². The second-order valence-electron chi connectivity index (χ2n) is 8.45. The Bertz CT molecular complexity index is 990. The Morgan fingerprint density at radius 1 is 1.03 bits per heavy atom. The molecule has 33 heavy (non-hydrogen) atoms. The lowest BCUT2D eigenvalue weighted by molar-refractivity contribution is -0.146. The number of fused-ring (bicyclic) bond motifs is 3. The minimum Gasteiger partial charge on any atom is -0.480 e. The Hall–Kier alpha value is -3.39. The van der Waals surface area contributed by atoms with Gasteiger partial charge in [-0.25, -0.2) is 9.59 Å². The van der Waals surface area contributed by atoms with Crippen LogP contribution in [-0.2, 0) is 19.1 Å². The monoisotopic (exact) mass is 452 g/mol. The van der Waals surface area contributed by atoms with Gasteiger partial charge in [0.1, 0.15) is 12.6 Å². The van der Waals surface area contributed by atoms with Crippen LogP contribution in [0.4, 0.5) is 4.79 Å². The van der Waals surface area contributed by atoms with Gasteiger partial charge in [-0.2, -0.15) is 0 Å². The highest BCUT2D eigenvalue weighted by atomic mass is 16.5. The Labute approximate surface area is 192 Å². The molecule has 0 bridgehead atoms. The molecule has 0 saturated heterocycles. The number of benzene rings is 2. The third kappa shape index (κ3) is 4.85. The fourth-order valence-electron chi connectivity index (χ4n) is 4.51. The predicted molar refractivity (Wildman–Crippen MR) is 121 cm³/mol. The van der Waals surface area contributed by atoms with Crippen LogP contribution in [0.1, 0.15) is 36.3 Å². The number of carbonyl (C=O) groups excluding carboxylic acids is 2. The predicted octanol–water partition coefficient (Wildman–Crippen LogP) is 2.91.